The van der Waals surface area contributed by atoms with E-state index in [1.54, 1.807) is 6.08 Å². The summed E-state index contributed by atoms with van der Waals surface area (Å²) in [7, 11) is 0. The van der Waals surface area contributed by atoms with Crippen LogP contribution in [-0.2, 0) is 12.8 Å². The van der Waals surface area contributed by atoms with Crippen molar-refractivity contribution < 1.29 is 4.42 Å². The molecule has 3 heterocycles. The Hall–Kier alpha value is -2.03. The third kappa shape index (κ3) is 1.56. The minimum atomic E-state index is -0.281. The molecule has 0 unspecified atom stereocenters. The molecule has 2 aliphatic heterocycles. The molecule has 2 aliphatic rings. The first kappa shape index (κ1) is 11.8. The molecule has 0 saturated carbocycles. The number of anilines is 1. The fraction of sp³-hybridized carbons (Fsp3) is 0.353. The van der Waals surface area contributed by atoms with Gasteiger partial charge in [0.15, 0.2) is 0 Å². The SMILES string of the molecule is C=Cc1cc(=O)oc2c3c4c(cc12)CCCN4CCC3. The summed E-state index contributed by atoms with van der Waals surface area (Å²) in [5.41, 5.74) is 5.34. The molecule has 102 valence electrons. The summed E-state index contributed by atoms with van der Waals surface area (Å²) in [5, 5.41) is 1.04. The highest BCUT2D eigenvalue weighted by atomic mass is 16.4. The van der Waals surface area contributed by atoms with Crippen LogP contribution in [0, 0.1) is 0 Å². The van der Waals surface area contributed by atoms with E-state index >= 15 is 0 Å². The third-order valence-electron chi connectivity index (χ3n) is 4.48. The highest BCUT2D eigenvalue weighted by Crippen LogP contribution is 2.40. The van der Waals surface area contributed by atoms with Gasteiger partial charge in [0.05, 0.1) is 0 Å². The highest BCUT2D eigenvalue weighted by Gasteiger charge is 2.27. The number of hydrogen-bond acceptors (Lipinski definition) is 3. The first-order valence-electron chi connectivity index (χ1n) is 7.28. The molecule has 0 amide bonds. The minimum absolute atomic E-state index is 0.281. The van der Waals surface area contributed by atoms with Crippen molar-refractivity contribution in [3.63, 3.8) is 0 Å². The highest BCUT2D eigenvalue weighted by molar-refractivity contribution is 5.93. The van der Waals surface area contributed by atoms with Crippen molar-refractivity contribution in [2.45, 2.75) is 25.7 Å². The van der Waals surface area contributed by atoms with Crippen molar-refractivity contribution in [1.29, 1.82) is 0 Å². The Morgan fingerprint density at radius 3 is 2.80 bits per heavy atom. The summed E-state index contributed by atoms with van der Waals surface area (Å²) < 4.78 is 5.54. The molecule has 20 heavy (non-hydrogen) atoms. The molecule has 0 spiro atoms. The lowest BCUT2D eigenvalue weighted by molar-refractivity contribution is 0.549. The summed E-state index contributed by atoms with van der Waals surface area (Å²) >= 11 is 0. The van der Waals surface area contributed by atoms with E-state index in [2.05, 4.69) is 17.5 Å². The zero-order valence-corrected chi connectivity index (χ0v) is 11.4. The molecule has 0 fully saturated rings. The zero-order chi connectivity index (χ0) is 13.7. The van der Waals surface area contributed by atoms with Crippen molar-refractivity contribution >= 4 is 22.7 Å². The molecule has 2 aromatic rings. The molecular formula is C17H17NO2. The molecule has 1 aromatic carbocycles. The molecule has 0 aliphatic carbocycles. The molecule has 0 atom stereocenters. The number of benzene rings is 1. The fourth-order valence-electron chi connectivity index (χ4n) is 3.67. The van der Waals surface area contributed by atoms with Crippen LogP contribution in [0.1, 0.15) is 29.5 Å². The zero-order valence-electron chi connectivity index (χ0n) is 11.4. The molecule has 1 aromatic heterocycles. The van der Waals surface area contributed by atoms with Crippen LogP contribution >= 0.6 is 0 Å². The van der Waals surface area contributed by atoms with E-state index in [1.165, 1.54) is 29.3 Å². The van der Waals surface area contributed by atoms with Gasteiger partial charge >= 0.3 is 5.63 Å². The van der Waals surface area contributed by atoms with E-state index in [0.717, 1.165) is 48.9 Å². The van der Waals surface area contributed by atoms with E-state index in [4.69, 9.17) is 4.42 Å². The van der Waals surface area contributed by atoms with Crippen LogP contribution in [0.4, 0.5) is 5.69 Å². The number of hydrogen-bond donors (Lipinski definition) is 0. The standard InChI is InChI=1S/C17H17NO2/c1-2-11-10-15(19)20-17-13-6-4-8-18-7-3-5-12(16(13)18)9-14(11)17/h2,9-10H,1,3-8H2. The quantitative estimate of drug-likeness (QED) is 0.744. The molecule has 3 nitrogen and oxygen atoms in total. The maximum atomic E-state index is 11.8. The van der Waals surface area contributed by atoms with Gasteiger partial charge < -0.3 is 9.32 Å². The molecule has 3 heteroatoms. The van der Waals surface area contributed by atoms with Crippen LogP contribution < -0.4 is 10.5 Å². The Bertz CT molecular complexity index is 771. The van der Waals surface area contributed by atoms with Gasteiger partial charge in [-0.15, -0.1) is 0 Å². The van der Waals surface area contributed by atoms with Crippen molar-refractivity contribution in [3.05, 3.63) is 45.8 Å². The second kappa shape index (κ2) is 4.23. The maximum Gasteiger partial charge on any atom is 0.336 e. The summed E-state index contributed by atoms with van der Waals surface area (Å²) in [6, 6.07) is 3.74. The first-order valence-corrected chi connectivity index (χ1v) is 7.28. The van der Waals surface area contributed by atoms with Crippen LogP contribution in [0.15, 0.2) is 27.9 Å². The fourth-order valence-corrected chi connectivity index (χ4v) is 3.67. The Morgan fingerprint density at radius 1 is 1.20 bits per heavy atom. The Labute approximate surface area is 117 Å². The summed E-state index contributed by atoms with van der Waals surface area (Å²) in [5.74, 6) is 0. The van der Waals surface area contributed by atoms with Crippen LogP contribution in [0.2, 0.25) is 0 Å². The van der Waals surface area contributed by atoms with Gasteiger partial charge in [-0.3, -0.25) is 0 Å². The minimum Gasteiger partial charge on any atom is -0.422 e. The van der Waals surface area contributed by atoms with Gasteiger partial charge in [-0.05, 0) is 42.9 Å². The van der Waals surface area contributed by atoms with Crippen LogP contribution in [0.25, 0.3) is 17.0 Å². The Morgan fingerprint density at radius 2 is 2.00 bits per heavy atom. The van der Waals surface area contributed by atoms with Crippen LogP contribution in [0.5, 0.6) is 0 Å². The molecule has 0 saturated heterocycles. The van der Waals surface area contributed by atoms with Crippen molar-refractivity contribution in [2.75, 3.05) is 18.0 Å². The first-order chi connectivity index (χ1) is 9.78. The molecular weight excluding hydrogens is 250 g/mol. The summed E-state index contributed by atoms with van der Waals surface area (Å²) in [6.07, 6.45) is 6.21. The number of aryl methyl sites for hydroxylation is 2. The third-order valence-corrected chi connectivity index (χ3v) is 4.48. The average Bonchev–Trinajstić information content (AvgIpc) is 2.48. The number of rotatable bonds is 1. The Balaban J connectivity index is 2.15. The van der Waals surface area contributed by atoms with Crippen molar-refractivity contribution in [3.8, 4) is 0 Å². The van der Waals surface area contributed by atoms with Gasteiger partial charge in [0.1, 0.15) is 5.58 Å². The van der Waals surface area contributed by atoms with E-state index in [9.17, 15) is 4.79 Å². The van der Waals surface area contributed by atoms with Crippen LogP contribution in [0.3, 0.4) is 0 Å². The number of nitrogens with zero attached hydrogens (tertiary/aromatic N) is 1. The normalized spacial score (nSPS) is 17.1. The largest absolute Gasteiger partial charge is 0.422 e. The van der Waals surface area contributed by atoms with Gasteiger partial charge in [0.25, 0.3) is 0 Å². The van der Waals surface area contributed by atoms with E-state index < -0.39 is 0 Å². The Kier molecular flexibility index (Phi) is 2.49. The molecule has 0 N–H and O–H groups in total. The van der Waals surface area contributed by atoms with Gasteiger partial charge in [-0.1, -0.05) is 12.7 Å². The summed E-state index contributed by atoms with van der Waals surface area (Å²) in [4.78, 5) is 14.2. The monoisotopic (exact) mass is 267 g/mol. The molecule has 0 radical (unpaired) electrons. The predicted molar refractivity (Wildman–Crippen MR) is 81.4 cm³/mol. The van der Waals surface area contributed by atoms with E-state index in [-0.39, 0.29) is 5.63 Å². The van der Waals surface area contributed by atoms with Crippen molar-refractivity contribution in [2.24, 2.45) is 0 Å². The average molecular weight is 267 g/mol. The van der Waals surface area contributed by atoms with Gasteiger partial charge in [0, 0.05) is 35.8 Å². The van der Waals surface area contributed by atoms with Crippen LogP contribution in [-0.4, -0.2) is 13.1 Å². The molecule has 0 bridgehead atoms. The second-order valence-electron chi connectivity index (χ2n) is 5.66. The lowest BCUT2D eigenvalue weighted by atomic mass is 9.89. The second-order valence-corrected chi connectivity index (χ2v) is 5.66. The van der Waals surface area contributed by atoms with Gasteiger partial charge in [-0.25, -0.2) is 4.79 Å². The smallest absolute Gasteiger partial charge is 0.336 e. The predicted octanol–water partition coefficient (Wildman–Crippen LogP) is 3.13. The number of fused-ring (bicyclic) bond motifs is 2. The summed E-state index contributed by atoms with van der Waals surface area (Å²) in [6.45, 7) is 6.07. The van der Waals surface area contributed by atoms with Gasteiger partial charge in [-0.2, -0.15) is 0 Å². The maximum absolute atomic E-state index is 11.8. The topological polar surface area (TPSA) is 33.5 Å². The lowest BCUT2D eigenvalue weighted by Gasteiger charge is -2.37. The van der Waals surface area contributed by atoms with Crippen molar-refractivity contribution in [1.82, 2.24) is 0 Å². The molecule has 4 rings (SSSR count). The van der Waals surface area contributed by atoms with E-state index in [0.29, 0.717) is 0 Å². The van der Waals surface area contributed by atoms with Gasteiger partial charge in [0.2, 0.25) is 0 Å². The lowest BCUT2D eigenvalue weighted by Crippen LogP contribution is -2.34. The van der Waals surface area contributed by atoms with E-state index in [1.807, 2.05) is 0 Å².